The van der Waals surface area contributed by atoms with Crippen molar-refractivity contribution in [2.24, 2.45) is 29.6 Å². The number of thioether (sulfide) groups is 1. The Balaban J connectivity index is 1.20. The summed E-state index contributed by atoms with van der Waals surface area (Å²) in [6.07, 6.45) is 0.826. The molecule has 0 radical (unpaired) electrons. The summed E-state index contributed by atoms with van der Waals surface area (Å²) < 4.78 is 6.47. The molecule has 3 heterocycles. The van der Waals surface area contributed by atoms with Gasteiger partial charge in [-0.2, -0.15) is 0 Å². The highest BCUT2D eigenvalue weighted by molar-refractivity contribution is 8.00. The molecule has 2 saturated carbocycles. The van der Waals surface area contributed by atoms with E-state index in [0.717, 1.165) is 38.8 Å². The van der Waals surface area contributed by atoms with E-state index in [1.807, 2.05) is 61.5 Å². The van der Waals surface area contributed by atoms with Gasteiger partial charge in [0.05, 0.1) is 22.5 Å². The maximum absolute atomic E-state index is 14.0. The van der Waals surface area contributed by atoms with Gasteiger partial charge in [0.2, 0.25) is 11.8 Å². The third-order valence-corrected chi connectivity index (χ3v) is 12.6. The average Bonchev–Trinajstić information content (AvgIpc) is 3.72. The predicted molar refractivity (Wildman–Crippen MR) is 169 cm³/mol. The van der Waals surface area contributed by atoms with E-state index in [2.05, 4.69) is 24.0 Å². The summed E-state index contributed by atoms with van der Waals surface area (Å²) in [7, 11) is 0. The van der Waals surface area contributed by atoms with Crippen LogP contribution in [-0.2, 0) is 16.2 Å². The molecule has 4 aliphatic rings. The maximum Gasteiger partial charge on any atom is 0.305 e. The number of imide groups is 1. The number of amides is 2. The van der Waals surface area contributed by atoms with Gasteiger partial charge in [0, 0.05) is 26.6 Å². The number of aryl methyl sites for hydroxylation is 2. The summed E-state index contributed by atoms with van der Waals surface area (Å²) in [6, 6.07) is 21.6. The number of carbonyl (C=O) groups excluding carboxylic acids is 2. The van der Waals surface area contributed by atoms with Gasteiger partial charge in [0.1, 0.15) is 12.4 Å². The Morgan fingerprint density at radius 1 is 0.930 bits per heavy atom. The smallest absolute Gasteiger partial charge is 0.305 e. The molecular weight excluding hydrogens is 600 g/mol. The molecule has 7 atom stereocenters. The minimum absolute atomic E-state index is 0.0124. The molecule has 43 heavy (non-hydrogen) atoms. The molecule has 6 nitrogen and oxygen atoms in total. The second-order valence-corrected chi connectivity index (χ2v) is 14.9. The van der Waals surface area contributed by atoms with Crippen LogP contribution in [0.5, 0.6) is 5.75 Å². The van der Waals surface area contributed by atoms with E-state index in [1.54, 1.807) is 11.8 Å². The van der Waals surface area contributed by atoms with Crippen molar-refractivity contribution in [3.05, 3.63) is 109 Å². The monoisotopic (exact) mass is 628 g/mol. The number of aromatic amines is 1. The number of halogens is 1. The lowest BCUT2D eigenvalue weighted by molar-refractivity contribution is -0.123. The maximum atomic E-state index is 14.0. The quantitative estimate of drug-likeness (QED) is 0.242. The fourth-order valence-corrected chi connectivity index (χ4v) is 11.2. The van der Waals surface area contributed by atoms with Crippen molar-refractivity contribution in [2.75, 3.05) is 4.90 Å². The molecule has 2 aliphatic carbocycles. The number of nitrogens with zero attached hydrogens (tertiary/aromatic N) is 1. The van der Waals surface area contributed by atoms with Crippen molar-refractivity contribution in [3.63, 3.8) is 0 Å². The van der Waals surface area contributed by atoms with Gasteiger partial charge in [-0.1, -0.05) is 70.5 Å². The van der Waals surface area contributed by atoms with Crippen molar-refractivity contribution < 1.29 is 14.3 Å². The van der Waals surface area contributed by atoms with Gasteiger partial charge in [-0.3, -0.25) is 19.3 Å². The van der Waals surface area contributed by atoms with Gasteiger partial charge in [0.25, 0.3) is 0 Å². The topological polar surface area (TPSA) is 79.5 Å². The molecule has 2 aliphatic heterocycles. The van der Waals surface area contributed by atoms with Crippen LogP contribution in [0.4, 0.5) is 5.69 Å². The summed E-state index contributed by atoms with van der Waals surface area (Å²) in [5, 5.41) is 1.55. The Morgan fingerprint density at radius 3 is 2.47 bits per heavy atom. The lowest BCUT2D eigenvalue weighted by Gasteiger charge is -2.43. The van der Waals surface area contributed by atoms with Gasteiger partial charge in [0.15, 0.2) is 0 Å². The summed E-state index contributed by atoms with van der Waals surface area (Å²) in [5.41, 5.74) is 4.89. The molecule has 2 amide bonds. The van der Waals surface area contributed by atoms with Gasteiger partial charge >= 0.3 is 4.87 Å². The van der Waals surface area contributed by atoms with E-state index in [9.17, 15) is 14.4 Å². The lowest BCUT2D eigenvalue weighted by Crippen LogP contribution is -2.42. The number of benzene rings is 3. The molecule has 3 fully saturated rings. The van der Waals surface area contributed by atoms with Crippen molar-refractivity contribution in [3.8, 4) is 5.75 Å². The first-order valence-electron chi connectivity index (χ1n) is 14.6. The second kappa shape index (κ2) is 10.1. The Hall–Kier alpha value is -3.33. The molecule has 1 N–H and O–H groups in total. The third-order valence-electron chi connectivity index (χ3n) is 9.80. The van der Waals surface area contributed by atoms with Crippen LogP contribution in [0, 0.1) is 43.4 Å². The molecule has 1 saturated heterocycles. The fraction of sp³-hybridized carbons (Fsp3) is 0.324. The van der Waals surface area contributed by atoms with Crippen molar-refractivity contribution in [1.29, 1.82) is 0 Å². The number of hydrogen-bond acceptors (Lipinski definition) is 6. The normalized spacial score (nSPS) is 28.6. The molecule has 4 aromatic rings. The van der Waals surface area contributed by atoms with Crippen LogP contribution < -0.4 is 14.5 Å². The van der Waals surface area contributed by atoms with Gasteiger partial charge < -0.3 is 9.72 Å². The number of H-pyrrole nitrogens is 1. The van der Waals surface area contributed by atoms with Gasteiger partial charge in [-0.05, 0) is 73.9 Å². The van der Waals surface area contributed by atoms with Crippen LogP contribution in [0.1, 0.15) is 39.5 Å². The molecule has 8 rings (SSSR count). The Labute approximate surface area is 262 Å². The molecular formula is C34H29ClN2O4S2. The molecule has 3 aromatic carbocycles. The van der Waals surface area contributed by atoms with Crippen molar-refractivity contribution in [1.82, 2.24) is 4.98 Å². The number of anilines is 1. The molecule has 1 aromatic heterocycles. The average molecular weight is 629 g/mol. The molecule has 0 spiro atoms. The van der Waals surface area contributed by atoms with E-state index in [-0.39, 0.29) is 57.4 Å². The first-order chi connectivity index (χ1) is 20.8. The standard InChI is InChI=1S/C34H29ClN2O4S2/c1-16-6-9-20(10-7-16)37-32(38)27-22-14-23(28(27)33(37)39)29-26(22)25(30-31(42-29)36-34(40)43-30)21-13-19(35)8-11-24(21)41-15-18-5-3-4-17(2)12-18/h3-13,22-23,25-29H,14-15H2,1-2H3,(H,36,40)/t22-,23-,25+,26+,27+,28+,29-/m1/s1. The first kappa shape index (κ1) is 27.2. The number of fused-ring (bicyclic) bond motifs is 9. The highest BCUT2D eigenvalue weighted by Crippen LogP contribution is 2.69. The molecule has 218 valence electrons. The van der Waals surface area contributed by atoms with E-state index < -0.39 is 0 Å². The van der Waals surface area contributed by atoms with Gasteiger partial charge in [-0.25, -0.2) is 0 Å². The van der Waals surface area contributed by atoms with Gasteiger partial charge in [-0.15, -0.1) is 11.8 Å². The largest absolute Gasteiger partial charge is 0.489 e. The Bertz CT molecular complexity index is 1850. The zero-order valence-electron chi connectivity index (χ0n) is 23.6. The molecule has 0 unspecified atom stereocenters. The van der Waals surface area contributed by atoms with E-state index >= 15 is 0 Å². The van der Waals surface area contributed by atoms with E-state index in [1.165, 1.54) is 21.8 Å². The van der Waals surface area contributed by atoms with Crippen LogP contribution in [0.2, 0.25) is 5.02 Å². The minimum Gasteiger partial charge on any atom is -0.489 e. The number of nitrogens with one attached hydrogen (secondary N) is 1. The van der Waals surface area contributed by atoms with E-state index in [0.29, 0.717) is 17.3 Å². The molecule has 2 bridgehead atoms. The summed E-state index contributed by atoms with van der Waals surface area (Å²) in [5.74, 6) is -0.214. The Kier molecular flexibility index (Phi) is 6.40. The van der Waals surface area contributed by atoms with Crippen LogP contribution >= 0.6 is 34.7 Å². The number of rotatable bonds is 5. The van der Waals surface area contributed by atoms with Crippen molar-refractivity contribution >= 4 is 52.2 Å². The van der Waals surface area contributed by atoms with Crippen molar-refractivity contribution in [2.45, 2.75) is 43.1 Å². The SMILES string of the molecule is Cc1ccc(N2C(=O)[C@H]3[C@H]4C[C@@H]([C@@H]3C2=O)[C@H]2[C@H](c3cc(Cl)ccc3OCc3cccc(C)c3)c3sc(=O)[nH]c3S[C@H]42)cc1. The number of hydrogen-bond donors (Lipinski definition) is 1. The Morgan fingerprint density at radius 2 is 1.70 bits per heavy atom. The zero-order valence-corrected chi connectivity index (χ0v) is 26.0. The zero-order chi connectivity index (χ0) is 29.6. The lowest BCUT2D eigenvalue weighted by atomic mass is 9.68. The first-order valence-corrected chi connectivity index (χ1v) is 16.7. The van der Waals surface area contributed by atoms with Crippen LogP contribution in [-0.4, -0.2) is 22.0 Å². The number of carbonyl (C=O) groups is 2. The molecule has 9 heteroatoms. The van der Waals surface area contributed by atoms with Crippen LogP contribution in [0.3, 0.4) is 0 Å². The minimum atomic E-state index is -0.365. The van der Waals surface area contributed by atoms with Crippen LogP contribution in [0.15, 0.2) is 76.6 Å². The number of ether oxygens (including phenoxy) is 1. The highest BCUT2D eigenvalue weighted by atomic mass is 35.5. The highest BCUT2D eigenvalue weighted by Gasteiger charge is 2.69. The predicted octanol–water partition coefficient (Wildman–Crippen LogP) is 6.96. The fourth-order valence-electron chi connectivity index (χ4n) is 8.17. The summed E-state index contributed by atoms with van der Waals surface area (Å²) >= 11 is 9.54. The number of thiazole rings is 1. The third kappa shape index (κ3) is 4.25. The summed E-state index contributed by atoms with van der Waals surface area (Å²) in [4.78, 5) is 46.0. The van der Waals surface area contributed by atoms with E-state index in [4.69, 9.17) is 16.3 Å². The van der Waals surface area contributed by atoms with Crippen LogP contribution in [0.25, 0.3) is 0 Å². The second-order valence-electron chi connectivity index (χ2n) is 12.3. The summed E-state index contributed by atoms with van der Waals surface area (Å²) in [6.45, 7) is 4.45. The number of aromatic nitrogens is 1.